The van der Waals surface area contributed by atoms with Crippen LogP contribution in [-0.2, 0) is 0 Å². The number of aromatic carboxylic acids is 1. The molecule has 0 radical (unpaired) electrons. The number of benzene rings is 1. The van der Waals surface area contributed by atoms with Crippen LogP contribution < -0.4 is 4.74 Å². The fraction of sp³-hybridized carbons (Fsp3) is 0. The summed E-state index contributed by atoms with van der Waals surface area (Å²) in [5.41, 5.74) is 0.103. The first-order chi connectivity index (χ1) is 8.56. The third-order valence-electron chi connectivity index (χ3n) is 2.09. The van der Waals surface area contributed by atoms with E-state index in [1.807, 2.05) is 0 Å². The SMILES string of the molecule is O=C(O)c1ccnc(Oc2cc(Br)ccc2Cl)c1. The molecule has 2 rings (SSSR count). The van der Waals surface area contributed by atoms with Crippen molar-refractivity contribution >= 4 is 33.5 Å². The molecule has 0 fully saturated rings. The Morgan fingerprint density at radius 1 is 1.33 bits per heavy atom. The van der Waals surface area contributed by atoms with Crippen molar-refractivity contribution in [2.45, 2.75) is 0 Å². The molecule has 0 bridgehead atoms. The first-order valence-corrected chi connectivity index (χ1v) is 6.05. The van der Waals surface area contributed by atoms with Crippen LogP contribution in [0.15, 0.2) is 41.0 Å². The smallest absolute Gasteiger partial charge is 0.335 e. The van der Waals surface area contributed by atoms with E-state index in [9.17, 15) is 4.79 Å². The first kappa shape index (κ1) is 12.9. The van der Waals surface area contributed by atoms with Crippen LogP contribution in [0.4, 0.5) is 0 Å². The lowest BCUT2D eigenvalue weighted by Crippen LogP contribution is -1.97. The average molecular weight is 329 g/mol. The Balaban J connectivity index is 2.31. The zero-order valence-corrected chi connectivity index (χ0v) is 11.3. The van der Waals surface area contributed by atoms with E-state index in [1.165, 1.54) is 18.3 Å². The summed E-state index contributed by atoms with van der Waals surface area (Å²) in [5.74, 6) is -0.460. The average Bonchev–Trinajstić information content (AvgIpc) is 2.34. The topological polar surface area (TPSA) is 59.4 Å². The molecule has 0 saturated heterocycles. The summed E-state index contributed by atoms with van der Waals surface area (Å²) < 4.78 is 6.25. The third kappa shape index (κ3) is 3.00. The number of pyridine rings is 1. The number of nitrogens with zero attached hydrogens (tertiary/aromatic N) is 1. The molecular formula is C12H7BrClNO3. The molecular weight excluding hydrogens is 321 g/mol. The van der Waals surface area contributed by atoms with Gasteiger partial charge in [0.1, 0.15) is 5.75 Å². The monoisotopic (exact) mass is 327 g/mol. The molecule has 0 spiro atoms. The largest absolute Gasteiger partial charge is 0.478 e. The van der Waals surface area contributed by atoms with E-state index in [4.69, 9.17) is 21.4 Å². The van der Waals surface area contributed by atoms with Crippen LogP contribution in [0.3, 0.4) is 0 Å². The van der Waals surface area contributed by atoms with Crippen molar-refractivity contribution in [3.63, 3.8) is 0 Å². The predicted molar refractivity (Wildman–Crippen MR) is 70.4 cm³/mol. The number of aromatic nitrogens is 1. The summed E-state index contributed by atoms with van der Waals surface area (Å²) in [6.07, 6.45) is 1.37. The van der Waals surface area contributed by atoms with E-state index < -0.39 is 5.97 Å². The van der Waals surface area contributed by atoms with Crippen LogP contribution in [0.2, 0.25) is 5.02 Å². The highest BCUT2D eigenvalue weighted by Crippen LogP contribution is 2.31. The van der Waals surface area contributed by atoms with Crippen LogP contribution in [0.1, 0.15) is 10.4 Å². The standard InChI is InChI=1S/C12H7BrClNO3/c13-8-1-2-9(14)10(6-8)18-11-5-7(12(16)17)3-4-15-11/h1-6H,(H,16,17). The maximum Gasteiger partial charge on any atom is 0.335 e. The Labute approximate surface area is 116 Å². The minimum atomic E-state index is -1.04. The molecule has 0 amide bonds. The molecule has 0 aliphatic heterocycles. The molecule has 0 aliphatic rings. The van der Waals surface area contributed by atoms with Gasteiger partial charge >= 0.3 is 5.97 Å². The van der Waals surface area contributed by atoms with E-state index >= 15 is 0 Å². The molecule has 92 valence electrons. The molecule has 18 heavy (non-hydrogen) atoms. The molecule has 4 nitrogen and oxygen atoms in total. The van der Waals surface area contributed by atoms with Gasteiger partial charge in [-0.25, -0.2) is 9.78 Å². The molecule has 0 aliphatic carbocycles. The molecule has 1 aromatic carbocycles. The number of hydrogen-bond donors (Lipinski definition) is 1. The van der Waals surface area contributed by atoms with Gasteiger partial charge in [0, 0.05) is 16.7 Å². The fourth-order valence-electron chi connectivity index (χ4n) is 1.27. The summed E-state index contributed by atoms with van der Waals surface area (Å²) >= 11 is 9.25. The van der Waals surface area contributed by atoms with E-state index in [-0.39, 0.29) is 11.4 Å². The third-order valence-corrected chi connectivity index (χ3v) is 2.90. The van der Waals surface area contributed by atoms with Crippen LogP contribution in [-0.4, -0.2) is 16.1 Å². The number of ether oxygens (including phenoxy) is 1. The van der Waals surface area contributed by atoms with E-state index in [0.717, 1.165) is 4.47 Å². The predicted octanol–water partition coefficient (Wildman–Crippen LogP) is 3.99. The van der Waals surface area contributed by atoms with Crippen molar-refractivity contribution in [2.75, 3.05) is 0 Å². The van der Waals surface area contributed by atoms with Crippen molar-refractivity contribution in [2.24, 2.45) is 0 Å². The Hall–Kier alpha value is -1.59. The number of carbonyl (C=O) groups is 1. The van der Waals surface area contributed by atoms with Gasteiger partial charge in [-0.15, -0.1) is 0 Å². The number of carboxylic acid groups (broad SMARTS) is 1. The van der Waals surface area contributed by atoms with Crippen molar-refractivity contribution in [3.05, 3.63) is 51.6 Å². The van der Waals surface area contributed by atoms with Gasteiger partial charge in [-0.2, -0.15) is 0 Å². The molecule has 1 aromatic heterocycles. The van der Waals surface area contributed by atoms with Crippen molar-refractivity contribution in [1.82, 2.24) is 4.98 Å². The fourth-order valence-corrected chi connectivity index (χ4v) is 1.76. The zero-order valence-electron chi connectivity index (χ0n) is 8.93. The summed E-state index contributed by atoms with van der Waals surface area (Å²) in [6.45, 7) is 0. The van der Waals surface area contributed by atoms with Gasteiger partial charge in [0.25, 0.3) is 0 Å². The first-order valence-electron chi connectivity index (χ1n) is 4.88. The van der Waals surface area contributed by atoms with Gasteiger partial charge in [0.05, 0.1) is 10.6 Å². The van der Waals surface area contributed by atoms with Gasteiger partial charge in [0.2, 0.25) is 5.88 Å². The summed E-state index contributed by atoms with van der Waals surface area (Å²) in [6, 6.07) is 7.84. The lowest BCUT2D eigenvalue weighted by Gasteiger charge is -2.07. The molecule has 0 saturated carbocycles. The molecule has 6 heteroatoms. The Morgan fingerprint density at radius 3 is 2.83 bits per heavy atom. The van der Waals surface area contributed by atoms with Crippen LogP contribution >= 0.6 is 27.5 Å². The van der Waals surface area contributed by atoms with Crippen molar-refractivity contribution < 1.29 is 14.6 Å². The lowest BCUT2D eigenvalue weighted by molar-refractivity contribution is 0.0696. The second kappa shape index (κ2) is 5.37. The quantitative estimate of drug-likeness (QED) is 0.925. The van der Waals surface area contributed by atoms with Gasteiger partial charge in [-0.05, 0) is 24.3 Å². The molecule has 2 aromatic rings. The van der Waals surface area contributed by atoms with Crippen molar-refractivity contribution in [3.8, 4) is 11.6 Å². The second-order valence-corrected chi connectivity index (χ2v) is 4.69. The molecule has 1 heterocycles. The van der Waals surface area contributed by atoms with E-state index in [1.54, 1.807) is 18.2 Å². The number of hydrogen-bond acceptors (Lipinski definition) is 3. The number of carboxylic acids is 1. The van der Waals surface area contributed by atoms with E-state index in [2.05, 4.69) is 20.9 Å². The molecule has 0 unspecified atom stereocenters. The normalized spacial score (nSPS) is 10.1. The maximum absolute atomic E-state index is 10.8. The van der Waals surface area contributed by atoms with Crippen LogP contribution in [0.5, 0.6) is 11.6 Å². The highest BCUT2D eigenvalue weighted by molar-refractivity contribution is 9.10. The van der Waals surface area contributed by atoms with Gasteiger partial charge in [-0.3, -0.25) is 0 Å². The van der Waals surface area contributed by atoms with Crippen LogP contribution in [0.25, 0.3) is 0 Å². The molecule has 1 N–H and O–H groups in total. The van der Waals surface area contributed by atoms with Gasteiger partial charge in [0.15, 0.2) is 0 Å². The summed E-state index contributed by atoms with van der Waals surface area (Å²) in [5, 5.41) is 9.27. The minimum Gasteiger partial charge on any atom is -0.478 e. The number of halogens is 2. The highest BCUT2D eigenvalue weighted by atomic mass is 79.9. The lowest BCUT2D eigenvalue weighted by atomic mass is 10.3. The van der Waals surface area contributed by atoms with Crippen LogP contribution in [0, 0.1) is 0 Å². The summed E-state index contributed by atoms with van der Waals surface area (Å²) in [7, 11) is 0. The van der Waals surface area contributed by atoms with E-state index in [0.29, 0.717) is 10.8 Å². The maximum atomic E-state index is 10.8. The Kier molecular flexibility index (Phi) is 3.84. The van der Waals surface area contributed by atoms with Crippen molar-refractivity contribution in [1.29, 1.82) is 0 Å². The molecule has 0 atom stereocenters. The second-order valence-electron chi connectivity index (χ2n) is 3.36. The highest BCUT2D eigenvalue weighted by Gasteiger charge is 2.08. The Bertz CT molecular complexity index is 604. The zero-order chi connectivity index (χ0) is 13.1. The minimum absolute atomic E-state index is 0.103. The van der Waals surface area contributed by atoms with Gasteiger partial charge < -0.3 is 9.84 Å². The number of rotatable bonds is 3. The Morgan fingerprint density at radius 2 is 2.11 bits per heavy atom. The summed E-state index contributed by atoms with van der Waals surface area (Å²) in [4.78, 5) is 14.7. The van der Waals surface area contributed by atoms with Gasteiger partial charge in [-0.1, -0.05) is 27.5 Å².